The second-order valence-corrected chi connectivity index (χ2v) is 6.88. The van der Waals surface area contributed by atoms with Crippen LogP contribution in [0.4, 0.5) is 5.95 Å². The number of nitrogens with zero attached hydrogens (tertiary/aromatic N) is 4. The maximum Gasteiger partial charge on any atom is 0.332 e. The second kappa shape index (κ2) is 8.62. The third kappa shape index (κ3) is 3.83. The predicted octanol–water partition coefficient (Wildman–Crippen LogP) is 1.97. The molecule has 0 fully saturated rings. The fourth-order valence-electron chi connectivity index (χ4n) is 3.05. The minimum atomic E-state index is -0.414. The lowest BCUT2D eigenvalue weighted by Gasteiger charge is -2.12. The Morgan fingerprint density at radius 3 is 2.64 bits per heavy atom. The van der Waals surface area contributed by atoms with Crippen LogP contribution in [-0.2, 0) is 25.4 Å². The monoisotopic (exact) mass is 405 g/mol. The summed E-state index contributed by atoms with van der Waals surface area (Å²) in [7, 11) is 3.07. The molecule has 0 aliphatic rings. The van der Waals surface area contributed by atoms with Gasteiger partial charge in [0.05, 0.1) is 6.54 Å². The van der Waals surface area contributed by atoms with E-state index in [-0.39, 0.29) is 5.56 Å². The molecular weight excluding hydrogens is 382 g/mol. The molecule has 150 valence electrons. The molecule has 0 aliphatic heterocycles. The Balaban J connectivity index is 2.08. The molecule has 2 aromatic heterocycles. The first-order chi connectivity index (χ1) is 13.5. The molecule has 0 radical (unpaired) electrons. The van der Waals surface area contributed by atoms with Crippen molar-refractivity contribution in [3.8, 4) is 0 Å². The number of hydrogen-bond acceptors (Lipinski definition) is 5. The van der Waals surface area contributed by atoms with Crippen LogP contribution >= 0.6 is 11.6 Å². The lowest BCUT2D eigenvalue weighted by Crippen LogP contribution is -2.37. The molecule has 2 heterocycles. The second-order valence-electron chi connectivity index (χ2n) is 6.47. The van der Waals surface area contributed by atoms with Crippen LogP contribution in [0.1, 0.15) is 18.9 Å². The molecule has 0 amide bonds. The van der Waals surface area contributed by atoms with E-state index in [1.807, 2.05) is 25.1 Å². The van der Waals surface area contributed by atoms with Gasteiger partial charge in [0.25, 0.3) is 5.56 Å². The molecule has 1 aromatic carbocycles. The first-order valence-corrected chi connectivity index (χ1v) is 9.54. The molecule has 0 aliphatic carbocycles. The van der Waals surface area contributed by atoms with Gasteiger partial charge in [0, 0.05) is 38.9 Å². The lowest BCUT2D eigenvalue weighted by molar-refractivity contribution is 0.147. The standard InChI is InChI=1S/C19H24ClN5O3/c1-4-28-11-7-10-21-18-22-16-15(17(26)24(3)19(27)23(16)2)25(18)12-13-8-5-6-9-14(13)20/h5-6,8-9H,4,7,10-12H2,1-3H3,(H,21,22). The highest BCUT2D eigenvalue weighted by Crippen LogP contribution is 2.22. The Kier molecular flexibility index (Phi) is 6.21. The summed E-state index contributed by atoms with van der Waals surface area (Å²) in [6.45, 7) is 4.24. The first-order valence-electron chi connectivity index (χ1n) is 9.17. The molecule has 0 saturated heterocycles. The van der Waals surface area contributed by atoms with Crippen LogP contribution in [-0.4, -0.2) is 38.4 Å². The number of rotatable bonds is 8. The fourth-order valence-corrected chi connectivity index (χ4v) is 3.25. The summed E-state index contributed by atoms with van der Waals surface area (Å²) in [4.78, 5) is 29.7. The smallest absolute Gasteiger partial charge is 0.332 e. The van der Waals surface area contributed by atoms with Gasteiger partial charge in [-0.1, -0.05) is 29.8 Å². The van der Waals surface area contributed by atoms with Crippen molar-refractivity contribution in [3.05, 3.63) is 55.7 Å². The zero-order valence-electron chi connectivity index (χ0n) is 16.2. The van der Waals surface area contributed by atoms with Crippen LogP contribution in [0, 0.1) is 0 Å². The Morgan fingerprint density at radius 1 is 1.18 bits per heavy atom. The van der Waals surface area contributed by atoms with Crippen molar-refractivity contribution in [2.24, 2.45) is 14.1 Å². The Labute approximate surface area is 167 Å². The molecule has 0 bridgehead atoms. The maximum absolute atomic E-state index is 12.8. The van der Waals surface area contributed by atoms with Gasteiger partial charge in [-0.3, -0.25) is 18.5 Å². The van der Waals surface area contributed by atoms with E-state index in [1.165, 1.54) is 11.6 Å². The number of halogens is 1. The molecule has 0 saturated carbocycles. The van der Waals surface area contributed by atoms with E-state index in [0.29, 0.717) is 48.4 Å². The van der Waals surface area contributed by atoms with Crippen LogP contribution in [0.2, 0.25) is 5.02 Å². The van der Waals surface area contributed by atoms with Crippen LogP contribution in [0.5, 0.6) is 0 Å². The summed E-state index contributed by atoms with van der Waals surface area (Å²) >= 11 is 6.32. The van der Waals surface area contributed by atoms with E-state index in [0.717, 1.165) is 16.6 Å². The zero-order chi connectivity index (χ0) is 20.3. The zero-order valence-corrected chi connectivity index (χ0v) is 17.0. The summed E-state index contributed by atoms with van der Waals surface area (Å²) in [5, 5.41) is 3.86. The number of hydrogen-bond donors (Lipinski definition) is 1. The highest BCUT2D eigenvalue weighted by molar-refractivity contribution is 6.31. The average Bonchev–Trinajstić information content (AvgIpc) is 3.05. The van der Waals surface area contributed by atoms with Gasteiger partial charge in [-0.05, 0) is 25.0 Å². The Morgan fingerprint density at radius 2 is 1.93 bits per heavy atom. The van der Waals surface area contributed by atoms with Gasteiger partial charge in [0.15, 0.2) is 11.2 Å². The number of imidazole rings is 1. The van der Waals surface area contributed by atoms with Crippen molar-refractivity contribution < 1.29 is 4.74 Å². The van der Waals surface area contributed by atoms with E-state index < -0.39 is 5.69 Å². The summed E-state index contributed by atoms with van der Waals surface area (Å²) < 4.78 is 9.60. The third-order valence-electron chi connectivity index (χ3n) is 4.59. The Hall–Kier alpha value is -2.58. The minimum Gasteiger partial charge on any atom is -0.382 e. The number of benzene rings is 1. The van der Waals surface area contributed by atoms with Gasteiger partial charge in [-0.2, -0.15) is 4.98 Å². The molecule has 9 heteroatoms. The van der Waals surface area contributed by atoms with Crippen LogP contribution < -0.4 is 16.6 Å². The van der Waals surface area contributed by atoms with Crippen LogP contribution in [0.25, 0.3) is 11.2 Å². The van der Waals surface area contributed by atoms with Crippen molar-refractivity contribution >= 4 is 28.7 Å². The van der Waals surface area contributed by atoms with E-state index in [2.05, 4.69) is 10.3 Å². The maximum atomic E-state index is 12.8. The fraction of sp³-hybridized carbons (Fsp3) is 0.421. The molecule has 0 spiro atoms. The van der Waals surface area contributed by atoms with Gasteiger partial charge < -0.3 is 10.1 Å². The summed E-state index contributed by atoms with van der Waals surface area (Å²) in [5.74, 6) is 0.518. The number of fused-ring (bicyclic) bond motifs is 1. The van der Waals surface area contributed by atoms with Crippen LogP contribution in [0.3, 0.4) is 0 Å². The van der Waals surface area contributed by atoms with Crippen molar-refractivity contribution in [2.75, 3.05) is 25.1 Å². The highest BCUT2D eigenvalue weighted by atomic mass is 35.5. The summed E-state index contributed by atoms with van der Waals surface area (Å²) in [6.07, 6.45) is 0.792. The summed E-state index contributed by atoms with van der Waals surface area (Å²) in [6, 6.07) is 7.45. The lowest BCUT2D eigenvalue weighted by atomic mass is 10.2. The minimum absolute atomic E-state index is 0.340. The van der Waals surface area contributed by atoms with Crippen LogP contribution in [0.15, 0.2) is 33.9 Å². The van der Waals surface area contributed by atoms with Gasteiger partial charge in [-0.15, -0.1) is 0 Å². The molecule has 28 heavy (non-hydrogen) atoms. The number of aryl methyl sites for hydroxylation is 1. The van der Waals surface area contributed by atoms with Crippen molar-refractivity contribution in [2.45, 2.75) is 19.9 Å². The average molecular weight is 406 g/mol. The highest BCUT2D eigenvalue weighted by Gasteiger charge is 2.19. The van der Waals surface area contributed by atoms with E-state index >= 15 is 0 Å². The SMILES string of the molecule is CCOCCCNc1nc2c(c(=O)n(C)c(=O)n2C)n1Cc1ccccc1Cl. The van der Waals surface area contributed by atoms with E-state index in [9.17, 15) is 9.59 Å². The first kappa shape index (κ1) is 20.2. The quantitative estimate of drug-likeness (QED) is 0.579. The predicted molar refractivity (Wildman–Crippen MR) is 110 cm³/mol. The number of anilines is 1. The third-order valence-corrected chi connectivity index (χ3v) is 4.96. The largest absolute Gasteiger partial charge is 0.382 e. The van der Waals surface area contributed by atoms with Gasteiger partial charge >= 0.3 is 5.69 Å². The molecule has 0 atom stereocenters. The van der Waals surface area contributed by atoms with Crippen molar-refractivity contribution in [1.29, 1.82) is 0 Å². The molecule has 0 unspecified atom stereocenters. The van der Waals surface area contributed by atoms with E-state index in [4.69, 9.17) is 16.3 Å². The molecular formula is C19H24ClN5O3. The van der Waals surface area contributed by atoms with Gasteiger partial charge in [-0.25, -0.2) is 4.79 Å². The Bertz CT molecular complexity index is 1100. The number of ether oxygens (including phenoxy) is 1. The number of aromatic nitrogens is 4. The molecule has 8 nitrogen and oxygen atoms in total. The van der Waals surface area contributed by atoms with Crippen molar-refractivity contribution in [1.82, 2.24) is 18.7 Å². The molecule has 1 N–H and O–H groups in total. The van der Waals surface area contributed by atoms with Gasteiger partial charge in [0.1, 0.15) is 0 Å². The van der Waals surface area contributed by atoms with Gasteiger partial charge in [0.2, 0.25) is 5.95 Å². The van der Waals surface area contributed by atoms with Crippen molar-refractivity contribution in [3.63, 3.8) is 0 Å². The molecule has 3 aromatic rings. The molecule has 3 rings (SSSR count). The summed E-state index contributed by atoms with van der Waals surface area (Å²) in [5.41, 5.74) is 0.754. The topological polar surface area (TPSA) is 83.1 Å². The number of nitrogens with one attached hydrogen (secondary N) is 1. The normalized spacial score (nSPS) is 11.3. The van der Waals surface area contributed by atoms with E-state index in [1.54, 1.807) is 17.7 Å².